The summed E-state index contributed by atoms with van der Waals surface area (Å²) in [5, 5.41) is 7.28. The molecule has 7 nitrogen and oxygen atoms in total. The van der Waals surface area contributed by atoms with Crippen LogP contribution in [0.4, 0.5) is 11.6 Å². The summed E-state index contributed by atoms with van der Waals surface area (Å²) in [6.45, 7) is 2.50. The van der Waals surface area contributed by atoms with Crippen molar-refractivity contribution in [2.75, 3.05) is 11.1 Å². The molecule has 0 amide bonds. The first-order chi connectivity index (χ1) is 8.17. The van der Waals surface area contributed by atoms with E-state index in [2.05, 4.69) is 25.4 Å². The van der Waals surface area contributed by atoms with E-state index < -0.39 is 0 Å². The second-order valence-corrected chi connectivity index (χ2v) is 3.64. The quantitative estimate of drug-likeness (QED) is 0.791. The Labute approximate surface area is 99.1 Å². The first-order valence-corrected chi connectivity index (χ1v) is 5.39. The maximum absolute atomic E-state index is 5.68. The summed E-state index contributed by atoms with van der Waals surface area (Å²) in [5.41, 5.74) is 5.68. The number of hydrogen-bond donors (Lipinski definition) is 2. The van der Waals surface area contributed by atoms with Crippen LogP contribution in [-0.4, -0.2) is 24.7 Å². The van der Waals surface area contributed by atoms with Crippen LogP contribution in [0.2, 0.25) is 0 Å². The first-order valence-electron chi connectivity index (χ1n) is 5.39. The highest BCUT2D eigenvalue weighted by molar-refractivity contribution is 5.44. The normalized spacial score (nSPS) is 10.5. The lowest BCUT2D eigenvalue weighted by Crippen LogP contribution is -2.07. The largest absolute Gasteiger partial charge is 0.384 e. The van der Waals surface area contributed by atoms with Crippen LogP contribution in [0, 0.1) is 0 Å². The monoisotopic (exact) mass is 233 g/mol. The molecule has 0 aliphatic carbocycles. The predicted octanol–water partition coefficient (Wildman–Crippen LogP) is 0.362. The minimum atomic E-state index is 0.466. The fourth-order valence-electron chi connectivity index (χ4n) is 1.40. The van der Waals surface area contributed by atoms with Crippen molar-refractivity contribution >= 4 is 11.6 Å². The van der Waals surface area contributed by atoms with E-state index in [0.29, 0.717) is 24.0 Å². The summed E-state index contributed by atoms with van der Waals surface area (Å²) in [5.74, 6) is 2.60. The second kappa shape index (κ2) is 4.77. The van der Waals surface area contributed by atoms with E-state index in [9.17, 15) is 0 Å². The summed E-state index contributed by atoms with van der Waals surface area (Å²) < 4.78 is 1.66. The molecule has 90 valence electrons. The summed E-state index contributed by atoms with van der Waals surface area (Å²) in [4.78, 5) is 12.5. The minimum absolute atomic E-state index is 0.466. The van der Waals surface area contributed by atoms with Gasteiger partial charge in [-0.2, -0.15) is 5.10 Å². The molecule has 0 aromatic carbocycles. The van der Waals surface area contributed by atoms with Crippen LogP contribution in [0.25, 0.3) is 0 Å². The van der Waals surface area contributed by atoms with Crippen LogP contribution in [0.5, 0.6) is 0 Å². The van der Waals surface area contributed by atoms with E-state index in [1.54, 1.807) is 17.1 Å². The van der Waals surface area contributed by atoms with Crippen molar-refractivity contribution in [2.24, 2.45) is 7.05 Å². The summed E-state index contributed by atoms with van der Waals surface area (Å²) in [6, 6.07) is 1.70. The molecule has 0 fully saturated rings. The molecule has 0 aliphatic rings. The third-order valence-electron chi connectivity index (χ3n) is 2.18. The Morgan fingerprint density at radius 2 is 2.18 bits per heavy atom. The number of nitrogens with two attached hydrogens (primary N) is 1. The molecule has 2 heterocycles. The highest BCUT2D eigenvalue weighted by Gasteiger charge is 2.03. The van der Waals surface area contributed by atoms with Crippen LogP contribution in [-0.2, 0) is 20.0 Å². The lowest BCUT2D eigenvalue weighted by molar-refractivity contribution is 0.746. The van der Waals surface area contributed by atoms with Crippen LogP contribution < -0.4 is 11.1 Å². The molecular formula is C10H15N7. The third kappa shape index (κ3) is 2.90. The molecule has 0 radical (unpaired) electrons. The van der Waals surface area contributed by atoms with E-state index in [4.69, 9.17) is 5.73 Å². The van der Waals surface area contributed by atoms with E-state index >= 15 is 0 Å². The third-order valence-corrected chi connectivity index (χ3v) is 2.18. The highest BCUT2D eigenvalue weighted by atomic mass is 15.3. The number of hydrogen-bond acceptors (Lipinski definition) is 6. The number of rotatable bonds is 4. The maximum Gasteiger partial charge on any atom is 0.169 e. The van der Waals surface area contributed by atoms with E-state index in [1.165, 1.54) is 0 Å². The molecule has 3 N–H and O–H groups in total. The number of anilines is 2. The molecule has 7 heteroatoms. The second-order valence-electron chi connectivity index (χ2n) is 3.64. The smallest absolute Gasteiger partial charge is 0.169 e. The number of nitrogens with one attached hydrogen (secondary N) is 1. The molecular weight excluding hydrogens is 218 g/mol. The van der Waals surface area contributed by atoms with E-state index in [-0.39, 0.29) is 0 Å². The average Bonchev–Trinajstić information content (AvgIpc) is 2.72. The zero-order valence-electron chi connectivity index (χ0n) is 9.88. The van der Waals surface area contributed by atoms with Gasteiger partial charge < -0.3 is 11.1 Å². The summed E-state index contributed by atoms with van der Waals surface area (Å²) in [6.07, 6.45) is 2.41. The Morgan fingerprint density at radius 1 is 1.35 bits per heavy atom. The Bertz CT molecular complexity index is 505. The van der Waals surface area contributed by atoms with Crippen LogP contribution in [0.15, 0.2) is 12.4 Å². The lowest BCUT2D eigenvalue weighted by Gasteiger charge is -2.05. The van der Waals surface area contributed by atoms with Crippen molar-refractivity contribution in [1.29, 1.82) is 0 Å². The Hall–Kier alpha value is -2.18. The zero-order chi connectivity index (χ0) is 12.3. The predicted molar refractivity (Wildman–Crippen MR) is 64.2 cm³/mol. The maximum atomic E-state index is 5.68. The van der Waals surface area contributed by atoms with Gasteiger partial charge in [-0.1, -0.05) is 6.92 Å². The molecule has 0 saturated carbocycles. The number of nitrogen functional groups attached to an aromatic ring is 1. The lowest BCUT2D eigenvalue weighted by atomic mass is 10.4. The van der Waals surface area contributed by atoms with E-state index in [1.807, 2.05) is 14.0 Å². The molecule has 0 unspecified atom stereocenters. The topological polar surface area (TPSA) is 94.5 Å². The van der Waals surface area contributed by atoms with Gasteiger partial charge in [0.2, 0.25) is 0 Å². The summed E-state index contributed by atoms with van der Waals surface area (Å²) >= 11 is 0. The van der Waals surface area contributed by atoms with Gasteiger partial charge in [0.05, 0.1) is 6.54 Å². The molecule has 17 heavy (non-hydrogen) atoms. The molecule has 0 bridgehead atoms. The van der Waals surface area contributed by atoms with Crippen molar-refractivity contribution in [3.63, 3.8) is 0 Å². The molecule has 0 spiro atoms. The van der Waals surface area contributed by atoms with Crippen LogP contribution in [0.3, 0.4) is 0 Å². The fraction of sp³-hybridized carbons (Fsp3) is 0.400. The van der Waals surface area contributed by atoms with Gasteiger partial charge in [0.1, 0.15) is 23.8 Å². The van der Waals surface area contributed by atoms with Crippen LogP contribution in [0.1, 0.15) is 18.6 Å². The van der Waals surface area contributed by atoms with Crippen LogP contribution >= 0.6 is 0 Å². The molecule has 0 aliphatic heterocycles. The van der Waals surface area contributed by atoms with Gasteiger partial charge in [-0.25, -0.2) is 15.0 Å². The Morgan fingerprint density at radius 3 is 2.82 bits per heavy atom. The van der Waals surface area contributed by atoms with Gasteiger partial charge >= 0.3 is 0 Å². The van der Waals surface area contributed by atoms with Crippen molar-refractivity contribution < 1.29 is 0 Å². The molecule has 2 aromatic heterocycles. The van der Waals surface area contributed by atoms with Crippen molar-refractivity contribution in [2.45, 2.75) is 19.9 Å². The SMILES string of the molecule is CCc1nc(N)cc(NCc2ncn(C)n2)n1. The van der Waals surface area contributed by atoms with Gasteiger partial charge in [-0.15, -0.1) is 0 Å². The highest BCUT2D eigenvalue weighted by Crippen LogP contribution is 2.09. The fourth-order valence-corrected chi connectivity index (χ4v) is 1.40. The number of aromatic nitrogens is 5. The minimum Gasteiger partial charge on any atom is -0.384 e. The van der Waals surface area contributed by atoms with Crippen molar-refractivity contribution in [3.8, 4) is 0 Å². The standard InChI is InChI=1S/C10H15N7/c1-3-8-14-7(11)4-9(15-8)12-5-10-13-6-17(2)16-10/h4,6H,3,5H2,1-2H3,(H3,11,12,14,15). The summed E-state index contributed by atoms with van der Waals surface area (Å²) in [7, 11) is 1.83. The van der Waals surface area contributed by atoms with Gasteiger partial charge in [-0.3, -0.25) is 4.68 Å². The van der Waals surface area contributed by atoms with Gasteiger partial charge in [0.15, 0.2) is 5.82 Å². The van der Waals surface area contributed by atoms with E-state index in [0.717, 1.165) is 12.2 Å². The van der Waals surface area contributed by atoms with Crippen molar-refractivity contribution in [3.05, 3.63) is 24.0 Å². The molecule has 2 aromatic rings. The Balaban J connectivity index is 2.05. The number of nitrogens with zero attached hydrogens (tertiary/aromatic N) is 5. The van der Waals surface area contributed by atoms with Gasteiger partial charge in [0, 0.05) is 19.5 Å². The zero-order valence-corrected chi connectivity index (χ0v) is 9.88. The van der Waals surface area contributed by atoms with Gasteiger partial charge in [0.25, 0.3) is 0 Å². The Kier molecular flexibility index (Phi) is 3.17. The number of aryl methyl sites for hydroxylation is 2. The van der Waals surface area contributed by atoms with Gasteiger partial charge in [-0.05, 0) is 0 Å². The molecule has 0 atom stereocenters. The average molecular weight is 233 g/mol. The molecule has 0 saturated heterocycles. The molecule has 2 rings (SSSR count). The first kappa shape index (κ1) is 11.3. The van der Waals surface area contributed by atoms with Crippen molar-refractivity contribution in [1.82, 2.24) is 24.7 Å².